The molecular formula is C16H26N2. The molecule has 0 bridgehead atoms. The van der Waals surface area contributed by atoms with E-state index in [1.54, 1.807) is 0 Å². The van der Waals surface area contributed by atoms with Crippen molar-refractivity contribution in [1.29, 1.82) is 0 Å². The minimum Gasteiger partial charge on any atom is -0.364 e. The Morgan fingerprint density at radius 1 is 1.33 bits per heavy atom. The maximum atomic E-state index is 3.51. The Morgan fingerprint density at radius 3 is 2.83 bits per heavy atom. The van der Waals surface area contributed by atoms with Gasteiger partial charge in [-0.25, -0.2) is 0 Å². The van der Waals surface area contributed by atoms with Crippen molar-refractivity contribution in [2.75, 3.05) is 18.0 Å². The number of likely N-dealkylation sites (N-methyl/N-ethyl adjacent to an activating group) is 1. The molecular weight excluding hydrogens is 220 g/mol. The van der Waals surface area contributed by atoms with Crippen LogP contribution in [0, 0.1) is 0 Å². The second-order valence-corrected chi connectivity index (χ2v) is 5.29. The summed E-state index contributed by atoms with van der Waals surface area (Å²) in [5.41, 5.74) is 2.98. The Morgan fingerprint density at radius 2 is 2.11 bits per heavy atom. The van der Waals surface area contributed by atoms with Gasteiger partial charge in [-0.15, -0.1) is 0 Å². The molecule has 0 radical (unpaired) electrons. The summed E-state index contributed by atoms with van der Waals surface area (Å²) < 4.78 is 0. The summed E-state index contributed by atoms with van der Waals surface area (Å²) in [5.74, 6) is 0. The monoisotopic (exact) mass is 246 g/mol. The number of benzene rings is 1. The minimum absolute atomic E-state index is 0.612. The fourth-order valence-corrected chi connectivity index (χ4v) is 3.02. The second kappa shape index (κ2) is 6.24. The van der Waals surface area contributed by atoms with Crippen molar-refractivity contribution >= 4 is 5.69 Å². The van der Waals surface area contributed by atoms with Crippen molar-refractivity contribution < 1.29 is 0 Å². The number of aryl methyl sites for hydroxylation is 1. The van der Waals surface area contributed by atoms with E-state index in [2.05, 4.69) is 55.3 Å². The van der Waals surface area contributed by atoms with Crippen molar-refractivity contribution in [3.8, 4) is 0 Å². The highest BCUT2D eigenvalue weighted by Gasteiger charge is 2.27. The van der Waals surface area contributed by atoms with E-state index in [0.717, 1.165) is 13.1 Å². The molecule has 2 nitrogen and oxygen atoms in total. The maximum Gasteiger partial charge on any atom is 0.0415 e. The van der Waals surface area contributed by atoms with Crippen molar-refractivity contribution in [3.63, 3.8) is 0 Å². The second-order valence-electron chi connectivity index (χ2n) is 5.29. The number of hydrogen-bond acceptors (Lipinski definition) is 2. The average Bonchev–Trinajstić information content (AvgIpc) is 2.41. The lowest BCUT2D eigenvalue weighted by Gasteiger charge is -2.42. The predicted molar refractivity (Wildman–Crippen MR) is 79.3 cm³/mol. The number of para-hydroxylation sites is 1. The first kappa shape index (κ1) is 13.4. The maximum absolute atomic E-state index is 3.51. The number of fused-ring (bicyclic) bond motifs is 1. The summed E-state index contributed by atoms with van der Waals surface area (Å²) in [6.07, 6.45) is 3.71. The first-order valence-corrected chi connectivity index (χ1v) is 7.34. The van der Waals surface area contributed by atoms with Crippen LogP contribution >= 0.6 is 0 Å². The Hall–Kier alpha value is -1.02. The third-order valence-electron chi connectivity index (χ3n) is 4.07. The Bertz CT molecular complexity index is 375. The molecule has 18 heavy (non-hydrogen) atoms. The van der Waals surface area contributed by atoms with Gasteiger partial charge >= 0.3 is 0 Å². The van der Waals surface area contributed by atoms with E-state index < -0.39 is 0 Å². The Balaban J connectivity index is 2.24. The molecule has 0 aromatic heterocycles. The molecule has 0 saturated heterocycles. The molecule has 2 unspecified atom stereocenters. The Kier molecular flexibility index (Phi) is 4.65. The van der Waals surface area contributed by atoms with Crippen LogP contribution in [0.3, 0.4) is 0 Å². The summed E-state index contributed by atoms with van der Waals surface area (Å²) in [4.78, 5) is 2.64. The van der Waals surface area contributed by atoms with E-state index in [1.807, 2.05) is 0 Å². The topological polar surface area (TPSA) is 15.3 Å². The molecule has 0 amide bonds. The van der Waals surface area contributed by atoms with E-state index in [1.165, 1.54) is 30.5 Å². The molecule has 1 aliphatic heterocycles. The number of nitrogens with zero attached hydrogens (tertiary/aromatic N) is 1. The van der Waals surface area contributed by atoms with E-state index >= 15 is 0 Å². The molecule has 2 rings (SSSR count). The van der Waals surface area contributed by atoms with Gasteiger partial charge in [-0.05, 0) is 44.4 Å². The van der Waals surface area contributed by atoms with Gasteiger partial charge in [-0.1, -0.05) is 32.0 Å². The lowest BCUT2D eigenvalue weighted by atomic mass is 9.94. The summed E-state index contributed by atoms with van der Waals surface area (Å²) in [5, 5.41) is 3.51. The molecule has 0 aliphatic carbocycles. The number of anilines is 1. The lowest BCUT2D eigenvalue weighted by molar-refractivity contribution is 0.454. The molecule has 2 atom stereocenters. The van der Waals surface area contributed by atoms with Crippen LogP contribution in [-0.4, -0.2) is 25.2 Å². The van der Waals surface area contributed by atoms with E-state index in [4.69, 9.17) is 0 Å². The van der Waals surface area contributed by atoms with Gasteiger partial charge in [0.1, 0.15) is 0 Å². The third kappa shape index (κ3) is 2.69. The zero-order valence-corrected chi connectivity index (χ0v) is 11.9. The molecule has 1 aromatic rings. The predicted octanol–water partition coefficient (Wildman–Crippen LogP) is 3.22. The average molecular weight is 246 g/mol. The van der Waals surface area contributed by atoms with Gasteiger partial charge in [0.25, 0.3) is 0 Å². The fourth-order valence-electron chi connectivity index (χ4n) is 3.02. The number of rotatable bonds is 5. The van der Waals surface area contributed by atoms with Crippen molar-refractivity contribution in [3.05, 3.63) is 29.8 Å². The van der Waals surface area contributed by atoms with Crippen LogP contribution in [0.15, 0.2) is 24.3 Å². The quantitative estimate of drug-likeness (QED) is 0.858. The van der Waals surface area contributed by atoms with Crippen molar-refractivity contribution in [2.45, 2.75) is 52.1 Å². The molecule has 1 aromatic carbocycles. The van der Waals surface area contributed by atoms with Gasteiger partial charge in [0.2, 0.25) is 0 Å². The highest BCUT2D eigenvalue weighted by molar-refractivity contribution is 5.57. The first-order valence-electron chi connectivity index (χ1n) is 7.34. The normalized spacial score (nSPS) is 20.6. The van der Waals surface area contributed by atoms with E-state index in [9.17, 15) is 0 Å². The highest BCUT2D eigenvalue weighted by Crippen LogP contribution is 2.32. The summed E-state index contributed by atoms with van der Waals surface area (Å²) in [7, 11) is 0. The summed E-state index contributed by atoms with van der Waals surface area (Å²) in [6, 6.07) is 10.2. The van der Waals surface area contributed by atoms with Gasteiger partial charge in [0, 0.05) is 24.3 Å². The van der Waals surface area contributed by atoms with Crippen LogP contribution in [0.1, 0.15) is 39.2 Å². The van der Waals surface area contributed by atoms with Gasteiger partial charge in [0.05, 0.1) is 0 Å². The van der Waals surface area contributed by atoms with Gasteiger partial charge in [-0.2, -0.15) is 0 Å². The van der Waals surface area contributed by atoms with Gasteiger partial charge < -0.3 is 10.2 Å². The number of hydrogen-bond donors (Lipinski definition) is 1. The zero-order chi connectivity index (χ0) is 13.0. The van der Waals surface area contributed by atoms with Gasteiger partial charge in [-0.3, -0.25) is 0 Å². The molecule has 0 fully saturated rings. The smallest absolute Gasteiger partial charge is 0.0415 e. The van der Waals surface area contributed by atoms with Crippen LogP contribution in [-0.2, 0) is 6.42 Å². The van der Waals surface area contributed by atoms with Crippen LogP contribution in [0.4, 0.5) is 5.69 Å². The molecule has 0 saturated carbocycles. The molecule has 1 aliphatic rings. The molecule has 0 spiro atoms. The fraction of sp³-hybridized carbons (Fsp3) is 0.625. The van der Waals surface area contributed by atoms with E-state index in [-0.39, 0.29) is 0 Å². The van der Waals surface area contributed by atoms with Crippen LogP contribution in [0.5, 0.6) is 0 Å². The lowest BCUT2D eigenvalue weighted by Crippen LogP contribution is -2.49. The Labute approximate surface area is 111 Å². The standard InChI is InChI=1S/C16H26N2/c1-4-15(12-17-5-2)18-13(3)10-11-14-8-6-7-9-16(14)18/h6-9,13,15,17H,4-5,10-12H2,1-3H3. The SMILES string of the molecule is CCNCC(CC)N1c2ccccc2CCC1C. The number of nitrogens with one attached hydrogen (secondary N) is 1. The first-order chi connectivity index (χ1) is 8.77. The summed E-state index contributed by atoms with van der Waals surface area (Å²) >= 11 is 0. The van der Waals surface area contributed by atoms with Crippen LogP contribution < -0.4 is 10.2 Å². The van der Waals surface area contributed by atoms with Crippen LogP contribution in [0.25, 0.3) is 0 Å². The summed E-state index contributed by atoms with van der Waals surface area (Å²) in [6.45, 7) is 8.99. The largest absolute Gasteiger partial charge is 0.364 e. The zero-order valence-electron chi connectivity index (χ0n) is 11.9. The molecule has 2 heteroatoms. The molecule has 1 heterocycles. The molecule has 100 valence electrons. The van der Waals surface area contributed by atoms with Crippen molar-refractivity contribution in [1.82, 2.24) is 5.32 Å². The van der Waals surface area contributed by atoms with Crippen LogP contribution in [0.2, 0.25) is 0 Å². The minimum atomic E-state index is 0.612. The van der Waals surface area contributed by atoms with Gasteiger partial charge in [0.15, 0.2) is 0 Å². The van der Waals surface area contributed by atoms with E-state index in [0.29, 0.717) is 12.1 Å². The molecule has 1 N–H and O–H groups in total. The van der Waals surface area contributed by atoms with Crippen molar-refractivity contribution in [2.24, 2.45) is 0 Å². The highest BCUT2D eigenvalue weighted by atomic mass is 15.2. The third-order valence-corrected chi connectivity index (χ3v) is 4.07.